The van der Waals surface area contributed by atoms with Crippen LogP contribution in [0, 0.1) is 11.8 Å². The lowest BCUT2D eigenvalue weighted by Gasteiger charge is -2.27. The molecule has 106 valence electrons. The second-order valence-corrected chi connectivity index (χ2v) is 5.40. The number of alkyl halides is 2. The van der Waals surface area contributed by atoms with Crippen LogP contribution in [0.4, 0.5) is 8.78 Å². The van der Waals surface area contributed by atoms with Crippen LogP contribution in [0.15, 0.2) is 0 Å². The second kappa shape index (κ2) is 7.02. The molecule has 3 N–H and O–H groups in total. The third-order valence-electron chi connectivity index (χ3n) is 3.66. The first-order chi connectivity index (χ1) is 8.44. The second-order valence-electron chi connectivity index (χ2n) is 5.40. The molecule has 1 atom stereocenters. The smallest absolute Gasteiger partial charge is 0.248 e. The lowest BCUT2D eigenvalue weighted by Crippen LogP contribution is -2.36. The van der Waals surface area contributed by atoms with Gasteiger partial charge in [0.05, 0.1) is 0 Å². The van der Waals surface area contributed by atoms with Gasteiger partial charge in [-0.2, -0.15) is 0 Å². The van der Waals surface area contributed by atoms with Crippen molar-refractivity contribution >= 4 is 5.91 Å². The van der Waals surface area contributed by atoms with Gasteiger partial charge in [-0.25, -0.2) is 8.78 Å². The van der Waals surface area contributed by atoms with Gasteiger partial charge in [0.15, 0.2) is 0 Å². The Kier molecular flexibility index (Phi) is 5.99. The first-order valence-corrected chi connectivity index (χ1v) is 6.80. The van der Waals surface area contributed by atoms with E-state index in [1.807, 2.05) is 0 Å². The van der Waals surface area contributed by atoms with E-state index in [1.54, 1.807) is 0 Å². The highest BCUT2D eigenvalue weighted by atomic mass is 19.3. The van der Waals surface area contributed by atoms with Crippen molar-refractivity contribution in [1.29, 1.82) is 0 Å². The molecule has 1 aliphatic rings. The lowest BCUT2D eigenvalue weighted by molar-refractivity contribution is -0.129. The summed E-state index contributed by atoms with van der Waals surface area (Å²) in [6, 6.07) is 0. The van der Waals surface area contributed by atoms with Crippen LogP contribution in [0.5, 0.6) is 0 Å². The molecule has 1 unspecified atom stereocenters. The minimum atomic E-state index is -2.56. The number of hydrogen-bond acceptors (Lipinski definition) is 2. The predicted octanol–water partition coefficient (Wildman–Crippen LogP) is 2.30. The van der Waals surface area contributed by atoms with Crippen LogP contribution in [0.2, 0.25) is 0 Å². The maximum absolute atomic E-state index is 12.9. The number of nitrogens with two attached hydrogens (primary N) is 1. The summed E-state index contributed by atoms with van der Waals surface area (Å²) in [5.74, 6) is -2.38. The van der Waals surface area contributed by atoms with Crippen molar-refractivity contribution in [1.82, 2.24) is 5.32 Å². The molecule has 0 heterocycles. The average Bonchev–Trinajstić information content (AvgIpc) is 2.33. The zero-order chi connectivity index (χ0) is 13.6. The topological polar surface area (TPSA) is 55.1 Å². The van der Waals surface area contributed by atoms with E-state index in [0.29, 0.717) is 31.8 Å². The average molecular weight is 262 g/mol. The molecule has 0 spiro atoms. The van der Waals surface area contributed by atoms with E-state index in [9.17, 15) is 13.6 Å². The van der Waals surface area contributed by atoms with Crippen molar-refractivity contribution in [2.75, 3.05) is 13.1 Å². The first-order valence-electron chi connectivity index (χ1n) is 6.80. The summed E-state index contributed by atoms with van der Waals surface area (Å²) in [7, 11) is 0. The molecule has 1 aliphatic carbocycles. The van der Waals surface area contributed by atoms with Gasteiger partial charge in [-0.1, -0.05) is 6.92 Å². The Labute approximate surface area is 107 Å². The molecule has 0 aromatic rings. The molecule has 1 saturated carbocycles. The molecule has 1 amide bonds. The fraction of sp³-hybridized carbons (Fsp3) is 0.923. The normalized spacial score (nSPS) is 21.6. The largest absolute Gasteiger partial charge is 0.356 e. The van der Waals surface area contributed by atoms with E-state index in [-0.39, 0.29) is 24.7 Å². The maximum atomic E-state index is 12.9. The van der Waals surface area contributed by atoms with Crippen molar-refractivity contribution in [2.24, 2.45) is 17.6 Å². The number of halogens is 2. The molecular formula is C13H24F2N2O. The zero-order valence-corrected chi connectivity index (χ0v) is 11.1. The zero-order valence-electron chi connectivity index (χ0n) is 11.1. The molecule has 18 heavy (non-hydrogen) atoms. The van der Waals surface area contributed by atoms with Crippen LogP contribution in [0.1, 0.15) is 45.4 Å². The Hall–Kier alpha value is -0.710. The molecular weight excluding hydrogens is 238 g/mol. The molecule has 0 bridgehead atoms. The van der Waals surface area contributed by atoms with Crippen LogP contribution in [0.25, 0.3) is 0 Å². The maximum Gasteiger partial charge on any atom is 0.248 e. The Morgan fingerprint density at radius 1 is 1.44 bits per heavy atom. The van der Waals surface area contributed by atoms with E-state index in [0.717, 1.165) is 12.8 Å². The molecule has 0 aromatic carbocycles. The van der Waals surface area contributed by atoms with Crippen molar-refractivity contribution in [3.8, 4) is 0 Å². The van der Waals surface area contributed by atoms with Crippen LogP contribution < -0.4 is 11.1 Å². The van der Waals surface area contributed by atoms with Gasteiger partial charge in [-0.15, -0.1) is 0 Å². The first kappa shape index (κ1) is 15.3. The summed E-state index contributed by atoms with van der Waals surface area (Å²) in [4.78, 5) is 11.7. The fourth-order valence-electron chi connectivity index (χ4n) is 2.23. The molecule has 0 aromatic heterocycles. The summed E-state index contributed by atoms with van der Waals surface area (Å²) >= 11 is 0. The third-order valence-corrected chi connectivity index (χ3v) is 3.66. The van der Waals surface area contributed by atoms with Gasteiger partial charge >= 0.3 is 0 Å². The summed E-state index contributed by atoms with van der Waals surface area (Å²) in [5.41, 5.74) is 5.50. The van der Waals surface area contributed by atoms with Gasteiger partial charge in [0.25, 0.3) is 0 Å². The number of carbonyl (C=O) groups is 1. The number of nitrogens with one attached hydrogen (secondary N) is 1. The fourth-order valence-corrected chi connectivity index (χ4v) is 2.23. The summed E-state index contributed by atoms with van der Waals surface area (Å²) in [6.07, 6.45) is 2.17. The monoisotopic (exact) mass is 262 g/mol. The van der Waals surface area contributed by atoms with E-state index in [1.165, 1.54) is 0 Å². The van der Waals surface area contributed by atoms with Crippen molar-refractivity contribution in [3.05, 3.63) is 0 Å². The molecule has 5 heteroatoms. The molecule has 3 nitrogen and oxygen atoms in total. The van der Waals surface area contributed by atoms with E-state index < -0.39 is 5.92 Å². The molecule has 0 aliphatic heterocycles. The SMILES string of the molecule is CC(CN)CCCNC(=O)C1CCC(F)(F)CC1. The van der Waals surface area contributed by atoms with E-state index in [4.69, 9.17) is 5.73 Å². The summed E-state index contributed by atoms with van der Waals surface area (Å²) in [6.45, 7) is 3.35. The highest BCUT2D eigenvalue weighted by Crippen LogP contribution is 2.36. The highest BCUT2D eigenvalue weighted by Gasteiger charge is 2.37. The third kappa shape index (κ3) is 5.29. The minimum absolute atomic E-state index is 0.0640. The number of rotatable bonds is 6. The standard InChI is InChI=1S/C13H24F2N2O/c1-10(9-16)3-2-8-17-12(18)11-4-6-13(14,15)7-5-11/h10-11H,2-9,16H2,1H3,(H,17,18). The van der Waals surface area contributed by atoms with Crippen LogP contribution in [-0.4, -0.2) is 24.9 Å². The van der Waals surface area contributed by atoms with Crippen molar-refractivity contribution in [3.63, 3.8) is 0 Å². The Morgan fingerprint density at radius 2 is 2.06 bits per heavy atom. The Bertz CT molecular complexity index is 262. The van der Waals surface area contributed by atoms with Gasteiger partial charge in [0.1, 0.15) is 0 Å². The molecule has 1 rings (SSSR count). The molecule has 1 fully saturated rings. The number of carbonyl (C=O) groups excluding carboxylic acids is 1. The van der Waals surface area contributed by atoms with Gasteiger partial charge in [-0.05, 0) is 38.1 Å². The van der Waals surface area contributed by atoms with Gasteiger partial charge in [0, 0.05) is 25.3 Å². The number of hydrogen-bond donors (Lipinski definition) is 2. The van der Waals surface area contributed by atoms with Gasteiger partial charge in [0.2, 0.25) is 11.8 Å². The van der Waals surface area contributed by atoms with Gasteiger partial charge in [-0.3, -0.25) is 4.79 Å². The summed E-state index contributed by atoms with van der Waals surface area (Å²) < 4.78 is 25.9. The Balaban J connectivity index is 2.14. The van der Waals surface area contributed by atoms with Crippen LogP contribution >= 0.6 is 0 Å². The van der Waals surface area contributed by atoms with Crippen LogP contribution in [-0.2, 0) is 4.79 Å². The lowest BCUT2D eigenvalue weighted by atomic mass is 9.86. The van der Waals surface area contributed by atoms with E-state index >= 15 is 0 Å². The molecule has 0 saturated heterocycles. The predicted molar refractivity (Wildman–Crippen MR) is 67.4 cm³/mol. The summed E-state index contributed by atoms with van der Waals surface area (Å²) in [5, 5.41) is 2.83. The Morgan fingerprint density at radius 3 is 2.61 bits per heavy atom. The van der Waals surface area contributed by atoms with Crippen molar-refractivity contribution in [2.45, 2.75) is 51.4 Å². The van der Waals surface area contributed by atoms with Crippen molar-refractivity contribution < 1.29 is 13.6 Å². The molecule has 0 radical (unpaired) electrons. The highest BCUT2D eigenvalue weighted by molar-refractivity contribution is 5.78. The quantitative estimate of drug-likeness (QED) is 0.722. The van der Waals surface area contributed by atoms with Crippen LogP contribution in [0.3, 0.4) is 0 Å². The number of amides is 1. The minimum Gasteiger partial charge on any atom is -0.356 e. The van der Waals surface area contributed by atoms with Gasteiger partial charge < -0.3 is 11.1 Å². The van der Waals surface area contributed by atoms with E-state index in [2.05, 4.69) is 12.2 Å².